The third-order valence-corrected chi connectivity index (χ3v) is 6.72. The van der Waals surface area contributed by atoms with E-state index < -0.39 is 0 Å². The molecule has 27 heavy (non-hydrogen) atoms. The third kappa shape index (κ3) is 4.73. The number of aryl methyl sites for hydroxylation is 2. The Bertz CT molecular complexity index is 873. The van der Waals surface area contributed by atoms with Crippen LogP contribution in [0.25, 0.3) is 10.2 Å². The molecule has 0 aliphatic heterocycles. The molecule has 0 bridgehead atoms. The van der Waals surface area contributed by atoms with Gasteiger partial charge in [0.2, 0.25) is 5.91 Å². The Hall–Kier alpha value is -1.38. The topological polar surface area (TPSA) is 73.2 Å². The van der Waals surface area contributed by atoms with E-state index in [9.17, 15) is 9.59 Å². The molecule has 0 saturated heterocycles. The van der Waals surface area contributed by atoms with Gasteiger partial charge >= 0.3 is 0 Å². The van der Waals surface area contributed by atoms with Crippen LogP contribution in [0.2, 0.25) is 0 Å². The number of hydrogen-bond donors (Lipinski definition) is 1. The van der Waals surface area contributed by atoms with Crippen molar-refractivity contribution in [2.45, 2.75) is 51.2 Å². The lowest BCUT2D eigenvalue weighted by molar-refractivity contribution is -0.118. The number of nitrogens with zero attached hydrogens (tertiary/aromatic N) is 2. The van der Waals surface area contributed by atoms with Crippen LogP contribution in [-0.2, 0) is 28.9 Å². The van der Waals surface area contributed by atoms with Crippen molar-refractivity contribution in [3.8, 4) is 0 Å². The summed E-state index contributed by atoms with van der Waals surface area (Å²) in [4.78, 5) is 32.2. The fraction of sp³-hybridized carbons (Fsp3) is 0.632. The van der Waals surface area contributed by atoms with E-state index in [0.717, 1.165) is 35.9 Å². The van der Waals surface area contributed by atoms with Gasteiger partial charge in [0.05, 0.1) is 11.1 Å². The van der Waals surface area contributed by atoms with Gasteiger partial charge in [0, 0.05) is 31.7 Å². The summed E-state index contributed by atoms with van der Waals surface area (Å²) >= 11 is 2.98. The Morgan fingerprint density at radius 3 is 2.96 bits per heavy atom. The molecule has 0 spiro atoms. The standard InChI is InChI=1S/C19H27N3O3S2/c1-12(2)10-20-15(23)11-26-19-21-17-16(13-6-4-7-14(13)27-17)18(24)22(19)8-5-9-25-3/h12H,4-11H2,1-3H3,(H,20,23). The van der Waals surface area contributed by atoms with Gasteiger partial charge < -0.3 is 10.1 Å². The summed E-state index contributed by atoms with van der Waals surface area (Å²) in [7, 11) is 1.66. The van der Waals surface area contributed by atoms with Gasteiger partial charge in [-0.1, -0.05) is 25.6 Å². The van der Waals surface area contributed by atoms with Crippen LogP contribution >= 0.6 is 23.1 Å². The molecule has 0 radical (unpaired) electrons. The van der Waals surface area contributed by atoms with Gasteiger partial charge in [-0.3, -0.25) is 14.2 Å². The highest BCUT2D eigenvalue weighted by Crippen LogP contribution is 2.35. The summed E-state index contributed by atoms with van der Waals surface area (Å²) < 4.78 is 6.87. The zero-order chi connectivity index (χ0) is 19.4. The van der Waals surface area contributed by atoms with E-state index in [0.29, 0.717) is 30.8 Å². The van der Waals surface area contributed by atoms with Crippen LogP contribution in [0.4, 0.5) is 0 Å². The Kier molecular flexibility index (Phi) is 6.94. The first-order valence-corrected chi connectivity index (χ1v) is 11.2. The Morgan fingerprint density at radius 1 is 1.41 bits per heavy atom. The molecule has 0 fully saturated rings. The molecule has 1 aliphatic carbocycles. The van der Waals surface area contributed by atoms with Crippen LogP contribution in [0, 0.1) is 5.92 Å². The molecule has 2 heterocycles. The zero-order valence-corrected chi connectivity index (χ0v) is 17.8. The van der Waals surface area contributed by atoms with Crippen molar-refractivity contribution in [2.75, 3.05) is 26.0 Å². The number of amides is 1. The number of hydrogen-bond acceptors (Lipinski definition) is 6. The molecule has 2 aromatic heterocycles. The number of ether oxygens (including phenoxy) is 1. The van der Waals surface area contributed by atoms with Gasteiger partial charge in [0.1, 0.15) is 4.83 Å². The number of thiophene rings is 1. The average molecular weight is 410 g/mol. The molecular formula is C19H27N3O3S2. The molecule has 6 nitrogen and oxygen atoms in total. The van der Waals surface area contributed by atoms with Crippen molar-refractivity contribution in [1.82, 2.24) is 14.9 Å². The maximum atomic E-state index is 13.2. The van der Waals surface area contributed by atoms with Crippen molar-refractivity contribution in [3.05, 3.63) is 20.8 Å². The van der Waals surface area contributed by atoms with E-state index >= 15 is 0 Å². The quantitative estimate of drug-likeness (QED) is 0.392. The fourth-order valence-electron chi connectivity index (χ4n) is 3.23. The lowest BCUT2D eigenvalue weighted by Crippen LogP contribution is -2.29. The zero-order valence-electron chi connectivity index (χ0n) is 16.2. The second-order valence-corrected chi connectivity index (χ2v) is 9.25. The smallest absolute Gasteiger partial charge is 0.263 e. The molecule has 1 N–H and O–H groups in total. The molecule has 3 rings (SSSR count). The molecule has 0 atom stereocenters. The highest BCUT2D eigenvalue weighted by molar-refractivity contribution is 7.99. The van der Waals surface area contributed by atoms with E-state index in [2.05, 4.69) is 19.2 Å². The summed E-state index contributed by atoms with van der Waals surface area (Å²) in [5.41, 5.74) is 1.22. The van der Waals surface area contributed by atoms with Gasteiger partial charge in [-0.25, -0.2) is 4.98 Å². The van der Waals surface area contributed by atoms with Crippen molar-refractivity contribution in [2.24, 2.45) is 5.92 Å². The molecular weight excluding hydrogens is 382 g/mol. The Balaban J connectivity index is 1.86. The van der Waals surface area contributed by atoms with Crippen molar-refractivity contribution in [1.29, 1.82) is 0 Å². The van der Waals surface area contributed by atoms with Crippen LogP contribution < -0.4 is 10.9 Å². The minimum absolute atomic E-state index is 0.0276. The Labute approximate surface area is 167 Å². The minimum Gasteiger partial charge on any atom is -0.385 e. The third-order valence-electron chi connectivity index (χ3n) is 4.56. The number of nitrogens with one attached hydrogen (secondary N) is 1. The first kappa shape index (κ1) is 20.4. The summed E-state index contributed by atoms with van der Waals surface area (Å²) in [6, 6.07) is 0. The van der Waals surface area contributed by atoms with E-state index in [4.69, 9.17) is 9.72 Å². The predicted octanol–water partition coefficient (Wildman–Crippen LogP) is 2.85. The second kappa shape index (κ2) is 9.21. The highest BCUT2D eigenvalue weighted by Gasteiger charge is 2.23. The first-order valence-electron chi connectivity index (χ1n) is 9.44. The molecule has 0 aromatic carbocycles. The molecule has 0 unspecified atom stereocenters. The highest BCUT2D eigenvalue weighted by atomic mass is 32.2. The molecule has 8 heteroatoms. The average Bonchev–Trinajstić information content (AvgIpc) is 3.21. The van der Waals surface area contributed by atoms with E-state index in [1.54, 1.807) is 23.0 Å². The summed E-state index contributed by atoms with van der Waals surface area (Å²) in [6.45, 7) is 5.92. The van der Waals surface area contributed by atoms with E-state index in [-0.39, 0.29) is 17.2 Å². The van der Waals surface area contributed by atoms with Crippen LogP contribution in [0.1, 0.15) is 37.1 Å². The number of fused-ring (bicyclic) bond motifs is 3. The largest absolute Gasteiger partial charge is 0.385 e. The number of carbonyl (C=O) groups excluding carboxylic acids is 1. The monoisotopic (exact) mass is 409 g/mol. The lowest BCUT2D eigenvalue weighted by atomic mass is 10.2. The molecule has 1 amide bonds. The van der Waals surface area contributed by atoms with Gasteiger partial charge in [-0.2, -0.15) is 0 Å². The fourth-order valence-corrected chi connectivity index (χ4v) is 5.39. The summed E-state index contributed by atoms with van der Waals surface area (Å²) in [5.74, 6) is 0.648. The van der Waals surface area contributed by atoms with Crippen LogP contribution in [-0.4, -0.2) is 41.5 Å². The van der Waals surface area contributed by atoms with Crippen molar-refractivity contribution in [3.63, 3.8) is 0 Å². The molecule has 0 saturated carbocycles. The lowest BCUT2D eigenvalue weighted by Gasteiger charge is -2.12. The second-order valence-electron chi connectivity index (χ2n) is 7.22. The molecule has 1 aliphatic rings. The van der Waals surface area contributed by atoms with Gasteiger partial charge in [-0.05, 0) is 37.2 Å². The van der Waals surface area contributed by atoms with Crippen LogP contribution in [0.15, 0.2) is 9.95 Å². The van der Waals surface area contributed by atoms with Crippen molar-refractivity contribution < 1.29 is 9.53 Å². The van der Waals surface area contributed by atoms with Crippen molar-refractivity contribution >= 4 is 39.2 Å². The van der Waals surface area contributed by atoms with Gasteiger partial charge in [0.25, 0.3) is 5.56 Å². The molecule has 2 aromatic rings. The molecule has 148 valence electrons. The number of rotatable bonds is 9. The number of thioether (sulfide) groups is 1. The first-order chi connectivity index (χ1) is 13.0. The number of methoxy groups -OCH3 is 1. The van der Waals surface area contributed by atoms with Gasteiger partial charge in [-0.15, -0.1) is 11.3 Å². The van der Waals surface area contributed by atoms with Crippen LogP contribution in [0.5, 0.6) is 0 Å². The summed E-state index contributed by atoms with van der Waals surface area (Å²) in [5, 5.41) is 4.33. The minimum atomic E-state index is -0.0276. The normalized spacial score (nSPS) is 13.5. The van der Waals surface area contributed by atoms with Gasteiger partial charge in [0.15, 0.2) is 5.16 Å². The number of carbonyl (C=O) groups is 1. The predicted molar refractivity (Wildman–Crippen MR) is 111 cm³/mol. The SMILES string of the molecule is COCCCn1c(SCC(=O)NCC(C)C)nc2sc3c(c2c1=O)CCC3. The van der Waals surface area contributed by atoms with E-state index in [1.807, 2.05) is 0 Å². The van der Waals surface area contributed by atoms with Crippen LogP contribution in [0.3, 0.4) is 0 Å². The van der Waals surface area contributed by atoms with E-state index in [1.165, 1.54) is 22.2 Å². The number of aromatic nitrogens is 2. The Morgan fingerprint density at radius 2 is 2.22 bits per heavy atom. The maximum Gasteiger partial charge on any atom is 0.263 e. The maximum absolute atomic E-state index is 13.2. The summed E-state index contributed by atoms with van der Waals surface area (Å²) in [6.07, 6.45) is 3.86.